The molecular formula is C12H16N2O3. The summed E-state index contributed by atoms with van der Waals surface area (Å²) in [6.45, 7) is 4.88. The maximum absolute atomic E-state index is 10.7. The molecule has 92 valence electrons. The summed E-state index contributed by atoms with van der Waals surface area (Å²) < 4.78 is 0. The molecule has 1 fully saturated rings. The molecule has 0 bridgehead atoms. The Morgan fingerprint density at radius 1 is 1.53 bits per heavy atom. The third-order valence-electron chi connectivity index (χ3n) is 3.37. The summed E-state index contributed by atoms with van der Waals surface area (Å²) in [6.07, 6.45) is 0.732. The predicted molar refractivity (Wildman–Crippen MR) is 65.3 cm³/mol. The van der Waals surface area contributed by atoms with Gasteiger partial charge in [0.1, 0.15) is 0 Å². The SMILES string of the molecule is CCC1(O)CN(c2ccc([N+](=O)[O-])c(C)c2)C1. The van der Waals surface area contributed by atoms with Crippen molar-refractivity contribution in [3.63, 3.8) is 0 Å². The molecule has 1 aliphatic rings. The van der Waals surface area contributed by atoms with Crippen LogP contribution in [-0.4, -0.2) is 28.7 Å². The minimum absolute atomic E-state index is 0.139. The number of nitro benzene ring substituents is 1. The van der Waals surface area contributed by atoms with E-state index in [1.54, 1.807) is 19.1 Å². The fourth-order valence-corrected chi connectivity index (χ4v) is 2.11. The number of hydrogen-bond acceptors (Lipinski definition) is 4. The Hall–Kier alpha value is -1.62. The first-order valence-electron chi connectivity index (χ1n) is 5.67. The van der Waals surface area contributed by atoms with Crippen LogP contribution in [0.1, 0.15) is 18.9 Å². The number of aliphatic hydroxyl groups is 1. The molecule has 1 aromatic carbocycles. The van der Waals surface area contributed by atoms with E-state index in [0.29, 0.717) is 18.7 Å². The number of rotatable bonds is 3. The van der Waals surface area contributed by atoms with Crippen molar-refractivity contribution in [2.75, 3.05) is 18.0 Å². The highest BCUT2D eigenvalue weighted by molar-refractivity contribution is 5.57. The number of nitrogens with zero attached hydrogens (tertiary/aromatic N) is 2. The van der Waals surface area contributed by atoms with Crippen molar-refractivity contribution in [2.45, 2.75) is 25.9 Å². The van der Waals surface area contributed by atoms with E-state index in [0.717, 1.165) is 12.1 Å². The number of anilines is 1. The average Bonchev–Trinajstić information content (AvgIpc) is 2.24. The van der Waals surface area contributed by atoms with Crippen LogP contribution in [0.15, 0.2) is 18.2 Å². The predicted octanol–water partition coefficient (Wildman–Crippen LogP) is 1.86. The van der Waals surface area contributed by atoms with Gasteiger partial charge in [-0.15, -0.1) is 0 Å². The van der Waals surface area contributed by atoms with Crippen LogP contribution in [0.3, 0.4) is 0 Å². The van der Waals surface area contributed by atoms with Gasteiger partial charge in [-0.05, 0) is 25.5 Å². The molecule has 0 unspecified atom stereocenters. The fraction of sp³-hybridized carbons (Fsp3) is 0.500. The molecule has 0 spiro atoms. The number of aryl methyl sites for hydroxylation is 1. The van der Waals surface area contributed by atoms with Crippen molar-refractivity contribution in [3.8, 4) is 0 Å². The van der Waals surface area contributed by atoms with Gasteiger partial charge in [-0.2, -0.15) is 0 Å². The number of hydrogen-bond donors (Lipinski definition) is 1. The highest BCUT2D eigenvalue weighted by Crippen LogP contribution is 2.32. The van der Waals surface area contributed by atoms with Crippen LogP contribution >= 0.6 is 0 Å². The largest absolute Gasteiger partial charge is 0.386 e. The van der Waals surface area contributed by atoms with Crippen LogP contribution in [-0.2, 0) is 0 Å². The van der Waals surface area contributed by atoms with Gasteiger partial charge in [0.25, 0.3) is 5.69 Å². The minimum Gasteiger partial charge on any atom is -0.386 e. The van der Waals surface area contributed by atoms with Gasteiger partial charge in [-0.25, -0.2) is 0 Å². The molecule has 17 heavy (non-hydrogen) atoms. The smallest absolute Gasteiger partial charge is 0.272 e. The molecule has 1 saturated heterocycles. The minimum atomic E-state index is -0.588. The second-order valence-electron chi connectivity index (χ2n) is 4.66. The number of β-amino-alcohol motifs (C(OH)–C–C–N with tert-alkyl or cyclic N) is 1. The molecule has 1 aliphatic heterocycles. The van der Waals surface area contributed by atoms with Crippen molar-refractivity contribution in [1.29, 1.82) is 0 Å². The zero-order valence-corrected chi connectivity index (χ0v) is 10.0. The molecule has 5 heteroatoms. The van der Waals surface area contributed by atoms with Crippen LogP contribution in [0.2, 0.25) is 0 Å². The van der Waals surface area contributed by atoms with Crippen molar-refractivity contribution in [2.24, 2.45) is 0 Å². The van der Waals surface area contributed by atoms with Gasteiger partial charge in [-0.1, -0.05) is 6.92 Å². The Balaban J connectivity index is 2.15. The highest BCUT2D eigenvalue weighted by atomic mass is 16.6. The summed E-state index contributed by atoms with van der Waals surface area (Å²) in [7, 11) is 0. The lowest BCUT2D eigenvalue weighted by molar-refractivity contribution is -0.385. The summed E-state index contributed by atoms with van der Waals surface area (Å²) >= 11 is 0. The molecule has 1 aromatic rings. The standard InChI is InChI=1S/C12H16N2O3/c1-3-12(15)7-13(8-12)10-4-5-11(14(16)17)9(2)6-10/h4-6,15H,3,7-8H2,1-2H3. The van der Waals surface area contributed by atoms with Crippen LogP contribution < -0.4 is 4.90 Å². The van der Waals surface area contributed by atoms with Gasteiger partial charge >= 0.3 is 0 Å². The van der Waals surface area contributed by atoms with E-state index in [-0.39, 0.29) is 10.6 Å². The topological polar surface area (TPSA) is 66.6 Å². The first kappa shape index (κ1) is 11.9. The van der Waals surface area contributed by atoms with Crippen molar-refractivity contribution in [1.82, 2.24) is 0 Å². The fourth-order valence-electron chi connectivity index (χ4n) is 2.11. The summed E-state index contributed by atoms with van der Waals surface area (Å²) in [6, 6.07) is 5.06. The normalized spacial score (nSPS) is 17.7. The van der Waals surface area contributed by atoms with Gasteiger partial charge in [0.05, 0.1) is 10.5 Å². The molecule has 0 aromatic heterocycles. The lowest BCUT2D eigenvalue weighted by Crippen LogP contribution is -2.61. The van der Waals surface area contributed by atoms with Crippen molar-refractivity contribution >= 4 is 11.4 Å². The summed E-state index contributed by atoms with van der Waals surface area (Å²) in [5.41, 5.74) is 1.14. The van der Waals surface area contributed by atoms with Crippen LogP contribution in [0.5, 0.6) is 0 Å². The molecule has 5 nitrogen and oxygen atoms in total. The average molecular weight is 236 g/mol. The van der Waals surface area contributed by atoms with Gasteiger partial charge in [0.2, 0.25) is 0 Å². The maximum Gasteiger partial charge on any atom is 0.272 e. The summed E-state index contributed by atoms with van der Waals surface area (Å²) in [5.74, 6) is 0. The number of nitro groups is 1. The van der Waals surface area contributed by atoms with E-state index in [1.165, 1.54) is 6.07 Å². The lowest BCUT2D eigenvalue weighted by Gasteiger charge is -2.47. The van der Waals surface area contributed by atoms with E-state index in [1.807, 2.05) is 11.8 Å². The Bertz CT molecular complexity index is 453. The van der Waals surface area contributed by atoms with E-state index >= 15 is 0 Å². The molecule has 0 amide bonds. The monoisotopic (exact) mass is 236 g/mol. The molecule has 2 rings (SSSR count). The zero-order chi connectivity index (χ0) is 12.6. The third kappa shape index (κ3) is 2.10. The Morgan fingerprint density at radius 2 is 2.18 bits per heavy atom. The Labute approximate surface area is 99.8 Å². The van der Waals surface area contributed by atoms with E-state index in [9.17, 15) is 15.2 Å². The summed E-state index contributed by atoms with van der Waals surface area (Å²) in [5, 5.41) is 20.6. The van der Waals surface area contributed by atoms with Crippen molar-refractivity contribution in [3.05, 3.63) is 33.9 Å². The first-order valence-corrected chi connectivity index (χ1v) is 5.67. The van der Waals surface area contributed by atoms with Gasteiger partial charge in [0.15, 0.2) is 0 Å². The van der Waals surface area contributed by atoms with Gasteiger partial charge in [0, 0.05) is 30.4 Å². The molecule has 0 aliphatic carbocycles. The molecule has 0 atom stereocenters. The van der Waals surface area contributed by atoms with E-state index < -0.39 is 5.60 Å². The maximum atomic E-state index is 10.7. The van der Waals surface area contributed by atoms with Crippen LogP contribution in [0.25, 0.3) is 0 Å². The zero-order valence-electron chi connectivity index (χ0n) is 10.0. The highest BCUT2D eigenvalue weighted by Gasteiger charge is 2.39. The molecule has 0 radical (unpaired) electrons. The van der Waals surface area contributed by atoms with Gasteiger partial charge < -0.3 is 10.0 Å². The Kier molecular flexibility index (Phi) is 2.79. The van der Waals surface area contributed by atoms with Gasteiger partial charge in [-0.3, -0.25) is 10.1 Å². The second kappa shape index (κ2) is 4.00. The van der Waals surface area contributed by atoms with Crippen molar-refractivity contribution < 1.29 is 10.0 Å². The molecular weight excluding hydrogens is 220 g/mol. The van der Waals surface area contributed by atoms with E-state index in [4.69, 9.17) is 0 Å². The Morgan fingerprint density at radius 3 is 2.65 bits per heavy atom. The quantitative estimate of drug-likeness (QED) is 0.642. The van der Waals surface area contributed by atoms with Crippen LogP contribution in [0, 0.1) is 17.0 Å². The molecule has 1 heterocycles. The number of benzene rings is 1. The van der Waals surface area contributed by atoms with E-state index in [2.05, 4.69) is 0 Å². The second-order valence-corrected chi connectivity index (χ2v) is 4.66. The van der Waals surface area contributed by atoms with Crippen LogP contribution in [0.4, 0.5) is 11.4 Å². The first-order chi connectivity index (χ1) is 7.95. The lowest BCUT2D eigenvalue weighted by atomic mass is 9.90. The third-order valence-corrected chi connectivity index (χ3v) is 3.37. The molecule has 0 saturated carbocycles. The summed E-state index contributed by atoms with van der Waals surface area (Å²) in [4.78, 5) is 12.3. The molecule has 1 N–H and O–H groups in total.